The second-order valence-corrected chi connectivity index (χ2v) is 5.90. The Labute approximate surface area is 117 Å². The molecule has 0 radical (unpaired) electrons. The lowest BCUT2D eigenvalue weighted by Crippen LogP contribution is -2.26. The lowest BCUT2D eigenvalue weighted by molar-refractivity contribution is -0.134. The van der Waals surface area contributed by atoms with E-state index in [0.29, 0.717) is 10.5 Å². The van der Waals surface area contributed by atoms with Gasteiger partial charge in [0.2, 0.25) is 0 Å². The van der Waals surface area contributed by atoms with Gasteiger partial charge in [-0.25, -0.2) is 0 Å². The number of imide groups is 1. The van der Waals surface area contributed by atoms with Crippen LogP contribution >= 0.6 is 11.8 Å². The van der Waals surface area contributed by atoms with Crippen molar-refractivity contribution in [3.8, 4) is 0 Å². The average molecular weight is 275 g/mol. The maximum atomic E-state index is 12.3. The summed E-state index contributed by atoms with van der Waals surface area (Å²) in [5.74, 6) is 0.385. The first-order chi connectivity index (χ1) is 8.97. The van der Waals surface area contributed by atoms with Gasteiger partial charge in [0.15, 0.2) is 0 Å². The first-order valence-electron chi connectivity index (χ1n) is 6.24. The Kier molecular flexibility index (Phi) is 3.80. The van der Waals surface area contributed by atoms with Crippen LogP contribution in [-0.2, 0) is 9.59 Å². The SMILES string of the molecule is CCSC1=C(c2ccc(C)cc2C)C(=O)N(C)C1=O. The second-order valence-electron chi connectivity index (χ2n) is 4.62. The molecule has 0 saturated heterocycles. The van der Waals surface area contributed by atoms with Crippen LogP contribution in [0.15, 0.2) is 23.1 Å². The minimum absolute atomic E-state index is 0.188. The summed E-state index contributed by atoms with van der Waals surface area (Å²) in [6.07, 6.45) is 0. The van der Waals surface area contributed by atoms with Gasteiger partial charge in [0.1, 0.15) is 0 Å². The van der Waals surface area contributed by atoms with Gasteiger partial charge in [0.05, 0.1) is 10.5 Å². The predicted molar refractivity (Wildman–Crippen MR) is 78.7 cm³/mol. The normalized spacial score (nSPS) is 15.7. The third-order valence-electron chi connectivity index (χ3n) is 3.18. The van der Waals surface area contributed by atoms with Gasteiger partial charge >= 0.3 is 0 Å². The van der Waals surface area contributed by atoms with Crippen LogP contribution in [0.3, 0.4) is 0 Å². The van der Waals surface area contributed by atoms with E-state index >= 15 is 0 Å². The Morgan fingerprint density at radius 2 is 1.84 bits per heavy atom. The highest BCUT2D eigenvalue weighted by atomic mass is 32.2. The summed E-state index contributed by atoms with van der Waals surface area (Å²) in [6.45, 7) is 5.97. The van der Waals surface area contributed by atoms with E-state index in [9.17, 15) is 9.59 Å². The zero-order valence-electron chi connectivity index (χ0n) is 11.6. The summed E-state index contributed by atoms with van der Waals surface area (Å²) in [7, 11) is 1.54. The summed E-state index contributed by atoms with van der Waals surface area (Å²) in [5, 5.41) is 0. The highest BCUT2D eigenvalue weighted by Crippen LogP contribution is 2.36. The standard InChI is InChI=1S/C15H17NO2S/c1-5-19-13-12(14(17)16(4)15(13)18)11-7-6-9(2)8-10(11)3/h6-8H,5H2,1-4H3. The number of amides is 2. The molecule has 0 bridgehead atoms. The Bertz CT molecular complexity index is 590. The lowest BCUT2D eigenvalue weighted by atomic mass is 9.99. The molecule has 0 atom stereocenters. The fraction of sp³-hybridized carbons (Fsp3) is 0.333. The Morgan fingerprint density at radius 3 is 2.42 bits per heavy atom. The zero-order chi connectivity index (χ0) is 14.2. The van der Waals surface area contributed by atoms with Crippen molar-refractivity contribution in [2.24, 2.45) is 0 Å². The molecule has 4 heteroatoms. The molecule has 0 aliphatic carbocycles. The number of rotatable bonds is 3. The van der Waals surface area contributed by atoms with Gasteiger partial charge in [-0.05, 0) is 30.7 Å². The minimum Gasteiger partial charge on any atom is -0.277 e. The van der Waals surface area contributed by atoms with Crippen molar-refractivity contribution in [3.05, 3.63) is 39.8 Å². The molecule has 100 valence electrons. The Hall–Kier alpha value is -1.55. The molecule has 1 aliphatic rings. The number of hydrogen-bond acceptors (Lipinski definition) is 3. The van der Waals surface area contributed by atoms with Crippen LogP contribution in [0.2, 0.25) is 0 Å². The van der Waals surface area contributed by atoms with E-state index in [4.69, 9.17) is 0 Å². The maximum Gasteiger partial charge on any atom is 0.267 e. The van der Waals surface area contributed by atoms with Crippen molar-refractivity contribution in [1.29, 1.82) is 0 Å². The zero-order valence-corrected chi connectivity index (χ0v) is 12.4. The number of carbonyl (C=O) groups excluding carboxylic acids is 2. The Balaban J connectivity index is 2.61. The molecule has 0 unspecified atom stereocenters. The van der Waals surface area contributed by atoms with Crippen LogP contribution < -0.4 is 0 Å². The molecule has 1 aliphatic heterocycles. The van der Waals surface area contributed by atoms with Crippen molar-refractivity contribution in [2.75, 3.05) is 12.8 Å². The summed E-state index contributed by atoms with van der Waals surface area (Å²) in [4.78, 5) is 26.1. The number of aryl methyl sites for hydroxylation is 2. The average Bonchev–Trinajstić information content (AvgIpc) is 2.56. The molecule has 0 saturated carbocycles. The third-order valence-corrected chi connectivity index (χ3v) is 4.14. The number of nitrogens with zero attached hydrogens (tertiary/aromatic N) is 1. The van der Waals surface area contributed by atoms with Gasteiger partial charge in [0.25, 0.3) is 11.8 Å². The molecule has 0 spiro atoms. The summed E-state index contributed by atoms with van der Waals surface area (Å²) < 4.78 is 0. The molecule has 1 aromatic carbocycles. The van der Waals surface area contributed by atoms with Crippen LogP contribution in [0.4, 0.5) is 0 Å². The smallest absolute Gasteiger partial charge is 0.267 e. The summed E-state index contributed by atoms with van der Waals surface area (Å²) in [6, 6.07) is 5.94. The number of thioether (sulfide) groups is 1. The molecule has 0 N–H and O–H groups in total. The molecular weight excluding hydrogens is 258 g/mol. The molecule has 1 heterocycles. The lowest BCUT2D eigenvalue weighted by Gasteiger charge is -2.09. The first-order valence-corrected chi connectivity index (χ1v) is 7.23. The van der Waals surface area contributed by atoms with Crippen LogP contribution in [0.5, 0.6) is 0 Å². The van der Waals surface area contributed by atoms with E-state index < -0.39 is 0 Å². The third kappa shape index (κ3) is 2.32. The molecular formula is C15H17NO2S. The highest BCUT2D eigenvalue weighted by Gasteiger charge is 2.36. The second kappa shape index (κ2) is 5.21. The monoisotopic (exact) mass is 275 g/mol. The first kappa shape index (κ1) is 13.9. The topological polar surface area (TPSA) is 37.4 Å². The van der Waals surface area contributed by atoms with E-state index in [1.54, 1.807) is 0 Å². The van der Waals surface area contributed by atoms with Crippen molar-refractivity contribution in [1.82, 2.24) is 4.90 Å². The van der Waals surface area contributed by atoms with E-state index in [0.717, 1.165) is 22.4 Å². The van der Waals surface area contributed by atoms with Crippen molar-refractivity contribution >= 4 is 29.1 Å². The molecule has 2 amide bonds. The Morgan fingerprint density at radius 1 is 1.16 bits per heavy atom. The van der Waals surface area contributed by atoms with E-state index in [1.807, 2.05) is 39.0 Å². The van der Waals surface area contributed by atoms with E-state index in [2.05, 4.69) is 0 Å². The summed E-state index contributed by atoms with van der Waals surface area (Å²) in [5.41, 5.74) is 3.60. The van der Waals surface area contributed by atoms with Gasteiger partial charge in [-0.15, -0.1) is 11.8 Å². The molecule has 1 aromatic rings. The number of hydrogen-bond donors (Lipinski definition) is 0. The quantitative estimate of drug-likeness (QED) is 0.796. The fourth-order valence-electron chi connectivity index (χ4n) is 2.23. The van der Waals surface area contributed by atoms with Gasteiger partial charge in [-0.1, -0.05) is 30.7 Å². The molecule has 2 rings (SSSR count). The summed E-state index contributed by atoms with van der Waals surface area (Å²) >= 11 is 1.44. The van der Waals surface area contributed by atoms with Gasteiger partial charge in [-0.3, -0.25) is 14.5 Å². The van der Waals surface area contributed by atoms with E-state index in [1.165, 1.54) is 23.7 Å². The molecule has 19 heavy (non-hydrogen) atoms. The predicted octanol–water partition coefficient (Wildman–Crippen LogP) is 2.77. The van der Waals surface area contributed by atoms with Crippen LogP contribution in [0, 0.1) is 13.8 Å². The highest BCUT2D eigenvalue weighted by molar-refractivity contribution is 8.04. The van der Waals surface area contributed by atoms with Crippen LogP contribution in [0.25, 0.3) is 5.57 Å². The van der Waals surface area contributed by atoms with E-state index in [-0.39, 0.29) is 11.8 Å². The van der Waals surface area contributed by atoms with Crippen LogP contribution in [0.1, 0.15) is 23.6 Å². The van der Waals surface area contributed by atoms with Crippen molar-refractivity contribution in [2.45, 2.75) is 20.8 Å². The molecule has 0 aromatic heterocycles. The van der Waals surface area contributed by atoms with Gasteiger partial charge in [-0.2, -0.15) is 0 Å². The van der Waals surface area contributed by atoms with Crippen molar-refractivity contribution < 1.29 is 9.59 Å². The minimum atomic E-state index is -0.201. The number of benzene rings is 1. The maximum absolute atomic E-state index is 12.3. The largest absolute Gasteiger partial charge is 0.277 e. The number of carbonyl (C=O) groups is 2. The van der Waals surface area contributed by atoms with Crippen LogP contribution in [-0.4, -0.2) is 29.5 Å². The molecule has 3 nitrogen and oxygen atoms in total. The molecule has 0 fully saturated rings. The number of likely N-dealkylation sites (N-methyl/N-ethyl adjacent to an activating group) is 1. The van der Waals surface area contributed by atoms with Gasteiger partial charge in [0, 0.05) is 7.05 Å². The fourth-order valence-corrected chi connectivity index (χ4v) is 3.12. The van der Waals surface area contributed by atoms with Gasteiger partial charge < -0.3 is 0 Å². The van der Waals surface area contributed by atoms with Crippen molar-refractivity contribution in [3.63, 3.8) is 0 Å².